The van der Waals surface area contributed by atoms with Gasteiger partial charge in [-0.15, -0.1) is 11.3 Å². The van der Waals surface area contributed by atoms with E-state index in [0.717, 1.165) is 0 Å². The van der Waals surface area contributed by atoms with Crippen molar-refractivity contribution in [3.05, 3.63) is 81.1 Å². The van der Waals surface area contributed by atoms with Gasteiger partial charge in [0.05, 0.1) is 41.2 Å². The first-order chi connectivity index (χ1) is 15.7. The van der Waals surface area contributed by atoms with E-state index < -0.39 is 22.8 Å². The highest BCUT2D eigenvalue weighted by molar-refractivity contribution is 7.13. The van der Waals surface area contributed by atoms with Crippen LogP contribution < -0.4 is 5.32 Å². The van der Waals surface area contributed by atoms with E-state index in [-0.39, 0.29) is 36.0 Å². The van der Waals surface area contributed by atoms with E-state index in [1.165, 1.54) is 41.7 Å². The molecule has 0 bridgehead atoms. The molecule has 8 nitrogen and oxygen atoms in total. The lowest BCUT2D eigenvalue weighted by atomic mass is 10.0. The minimum atomic E-state index is -0.952. The molecule has 33 heavy (non-hydrogen) atoms. The van der Waals surface area contributed by atoms with E-state index in [0.29, 0.717) is 16.3 Å². The van der Waals surface area contributed by atoms with Gasteiger partial charge in [0.25, 0.3) is 5.69 Å². The highest BCUT2D eigenvalue weighted by Gasteiger charge is 2.27. The van der Waals surface area contributed by atoms with Crippen LogP contribution in [0, 0.1) is 15.9 Å². The molecular weight excluding hydrogens is 449 g/mol. The van der Waals surface area contributed by atoms with Crippen molar-refractivity contribution in [2.24, 2.45) is 0 Å². The van der Waals surface area contributed by atoms with Gasteiger partial charge in [-0.05, 0) is 26.0 Å². The fourth-order valence-corrected chi connectivity index (χ4v) is 4.03. The van der Waals surface area contributed by atoms with Crippen molar-refractivity contribution in [3.63, 3.8) is 0 Å². The summed E-state index contributed by atoms with van der Waals surface area (Å²) < 4.78 is 18.6. The second kappa shape index (κ2) is 10.8. The molecule has 3 rings (SSSR count). The second-order valence-corrected chi connectivity index (χ2v) is 8.37. The summed E-state index contributed by atoms with van der Waals surface area (Å²) in [5.41, 5.74) is 1.06. The predicted molar refractivity (Wildman–Crippen MR) is 121 cm³/mol. The van der Waals surface area contributed by atoms with Crippen molar-refractivity contribution < 1.29 is 23.6 Å². The fraction of sp³-hybridized carbons (Fsp3) is 0.261. The molecule has 1 amide bonds. The minimum Gasteiger partial charge on any atom is -0.463 e. The van der Waals surface area contributed by atoms with Gasteiger partial charge in [0, 0.05) is 17.0 Å². The first kappa shape index (κ1) is 24.0. The van der Waals surface area contributed by atoms with E-state index in [1.54, 1.807) is 37.4 Å². The fourth-order valence-electron chi connectivity index (χ4n) is 3.22. The number of nitro benzene ring substituents is 1. The number of halogens is 1. The number of hydrogen-bond donors (Lipinski definition) is 1. The molecule has 1 heterocycles. The molecule has 0 radical (unpaired) electrons. The van der Waals surface area contributed by atoms with Gasteiger partial charge in [-0.1, -0.05) is 30.3 Å². The number of amides is 1. The average molecular weight is 472 g/mol. The van der Waals surface area contributed by atoms with Crippen LogP contribution in [0.2, 0.25) is 0 Å². The molecule has 1 aromatic heterocycles. The molecule has 2 aromatic carbocycles. The first-order valence-corrected chi connectivity index (χ1v) is 11.0. The number of esters is 1. The highest BCUT2D eigenvalue weighted by atomic mass is 32.1. The largest absolute Gasteiger partial charge is 0.463 e. The minimum absolute atomic E-state index is 0.109. The van der Waals surface area contributed by atoms with Crippen LogP contribution in [0.4, 0.5) is 10.1 Å². The van der Waals surface area contributed by atoms with Crippen LogP contribution in [0.15, 0.2) is 53.9 Å². The van der Waals surface area contributed by atoms with Crippen LogP contribution in [0.5, 0.6) is 0 Å². The third kappa shape index (κ3) is 6.66. The number of para-hydroxylation sites is 1. The van der Waals surface area contributed by atoms with Crippen molar-refractivity contribution >= 4 is 28.9 Å². The molecule has 3 aromatic rings. The molecule has 0 fully saturated rings. The molecule has 1 N–H and O–H groups in total. The number of ether oxygens (including phenoxy) is 1. The van der Waals surface area contributed by atoms with E-state index >= 15 is 0 Å². The van der Waals surface area contributed by atoms with Crippen molar-refractivity contribution in [3.8, 4) is 10.6 Å². The normalized spacial score (nSPS) is 11.8. The molecule has 10 heteroatoms. The van der Waals surface area contributed by atoms with Crippen LogP contribution in [0.1, 0.15) is 37.6 Å². The first-order valence-electron chi connectivity index (χ1n) is 10.2. The standard InChI is InChI=1S/C23H22FN3O5S/c1-14(2)32-22(29)12-19(18-8-3-4-9-20(18)27(30)31)26-21(28)11-17-13-33-23(25-17)15-6-5-7-16(24)10-15/h3-10,13-14,19H,11-12H2,1-2H3,(H,26,28). The van der Waals surface area contributed by atoms with E-state index in [9.17, 15) is 24.1 Å². The van der Waals surface area contributed by atoms with Crippen LogP contribution in [-0.2, 0) is 20.7 Å². The number of rotatable bonds is 9. The lowest BCUT2D eigenvalue weighted by molar-refractivity contribution is -0.385. The van der Waals surface area contributed by atoms with Crippen LogP contribution in [0.3, 0.4) is 0 Å². The third-order valence-corrected chi connectivity index (χ3v) is 5.49. The molecule has 0 aliphatic carbocycles. The summed E-state index contributed by atoms with van der Waals surface area (Å²) in [5, 5.41) is 16.4. The van der Waals surface area contributed by atoms with Crippen molar-refractivity contribution in [1.29, 1.82) is 0 Å². The van der Waals surface area contributed by atoms with Gasteiger partial charge < -0.3 is 10.1 Å². The third-order valence-electron chi connectivity index (χ3n) is 4.55. The number of nitrogens with one attached hydrogen (secondary N) is 1. The molecular formula is C23H22FN3O5S. The maximum absolute atomic E-state index is 13.5. The smallest absolute Gasteiger partial charge is 0.308 e. The van der Waals surface area contributed by atoms with Crippen LogP contribution in [0.25, 0.3) is 10.6 Å². The summed E-state index contributed by atoms with van der Waals surface area (Å²) in [4.78, 5) is 40.3. The molecule has 0 aliphatic rings. The molecule has 1 atom stereocenters. The van der Waals surface area contributed by atoms with Gasteiger partial charge in [0.1, 0.15) is 10.8 Å². The van der Waals surface area contributed by atoms with Crippen LogP contribution >= 0.6 is 11.3 Å². The molecule has 0 saturated carbocycles. The number of nitro groups is 1. The molecule has 0 spiro atoms. The van der Waals surface area contributed by atoms with E-state index in [4.69, 9.17) is 4.74 Å². The number of benzene rings is 2. The maximum atomic E-state index is 13.5. The Morgan fingerprint density at radius 1 is 1.21 bits per heavy atom. The quantitative estimate of drug-likeness (QED) is 0.277. The number of thiazole rings is 1. The highest BCUT2D eigenvalue weighted by Crippen LogP contribution is 2.28. The Labute approximate surface area is 193 Å². The van der Waals surface area contributed by atoms with Crippen molar-refractivity contribution in [1.82, 2.24) is 10.3 Å². The second-order valence-electron chi connectivity index (χ2n) is 7.51. The van der Waals surface area contributed by atoms with E-state index in [1.807, 2.05) is 0 Å². The summed E-state index contributed by atoms with van der Waals surface area (Å²) in [7, 11) is 0. The van der Waals surface area contributed by atoms with Gasteiger partial charge in [0.2, 0.25) is 5.91 Å². The van der Waals surface area contributed by atoms with Crippen molar-refractivity contribution in [2.45, 2.75) is 38.8 Å². The monoisotopic (exact) mass is 471 g/mol. The summed E-state index contributed by atoms with van der Waals surface area (Å²) in [6.45, 7) is 3.38. The van der Waals surface area contributed by atoms with Crippen molar-refractivity contribution in [2.75, 3.05) is 0 Å². The molecule has 1 unspecified atom stereocenters. The van der Waals surface area contributed by atoms with Gasteiger partial charge in [0.15, 0.2) is 0 Å². The van der Waals surface area contributed by atoms with Gasteiger partial charge in [-0.2, -0.15) is 0 Å². The average Bonchev–Trinajstić information content (AvgIpc) is 3.21. The summed E-state index contributed by atoms with van der Waals surface area (Å²) >= 11 is 1.27. The summed E-state index contributed by atoms with van der Waals surface area (Å²) in [6, 6.07) is 10.9. The van der Waals surface area contributed by atoms with E-state index in [2.05, 4.69) is 10.3 Å². The van der Waals surface area contributed by atoms with Crippen LogP contribution in [-0.4, -0.2) is 27.9 Å². The zero-order valence-electron chi connectivity index (χ0n) is 18.0. The van der Waals surface area contributed by atoms with Gasteiger partial charge in [-0.3, -0.25) is 19.7 Å². The maximum Gasteiger partial charge on any atom is 0.308 e. The summed E-state index contributed by atoms with van der Waals surface area (Å²) in [6.07, 6.45) is -0.737. The molecule has 172 valence electrons. The predicted octanol–water partition coefficient (Wildman–Crippen LogP) is 4.60. The Bertz CT molecular complexity index is 1160. The molecule has 0 saturated heterocycles. The zero-order chi connectivity index (χ0) is 24.0. The number of hydrogen-bond acceptors (Lipinski definition) is 7. The lowest BCUT2D eigenvalue weighted by Crippen LogP contribution is -2.32. The lowest BCUT2D eigenvalue weighted by Gasteiger charge is -2.19. The topological polar surface area (TPSA) is 111 Å². The Morgan fingerprint density at radius 3 is 2.67 bits per heavy atom. The zero-order valence-corrected chi connectivity index (χ0v) is 18.8. The van der Waals surface area contributed by atoms with Gasteiger partial charge >= 0.3 is 5.97 Å². The number of nitrogens with zero attached hydrogens (tertiary/aromatic N) is 2. The SMILES string of the molecule is CC(C)OC(=O)CC(NC(=O)Cc1csc(-c2cccc(F)c2)n1)c1ccccc1[N+](=O)[O-]. The Balaban J connectivity index is 1.78. The molecule has 0 aliphatic heterocycles. The Kier molecular flexibility index (Phi) is 7.83. The number of carbonyl (C=O) groups excluding carboxylic acids is 2. The van der Waals surface area contributed by atoms with Gasteiger partial charge in [-0.25, -0.2) is 9.37 Å². The Morgan fingerprint density at radius 2 is 1.97 bits per heavy atom. The number of carbonyl (C=O) groups is 2. The number of aromatic nitrogens is 1. The summed E-state index contributed by atoms with van der Waals surface area (Å²) in [5.74, 6) is -1.44. The Hall–Kier alpha value is -3.66.